The summed E-state index contributed by atoms with van der Waals surface area (Å²) in [4.78, 5) is 0. The van der Waals surface area contributed by atoms with Crippen LogP contribution in [0.25, 0.3) is 0 Å². The second-order valence-electron chi connectivity index (χ2n) is 5.64. The van der Waals surface area contributed by atoms with Crippen LogP contribution < -0.4 is 10.9 Å². The molecule has 0 spiro atoms. The quantitative estimate of drug-likeness (QED) is 0.882. The Balaban J connectivity index is 1.72. The summed E-state index contributed by atoms with van der Waals surface area (Å²) in [5.41, 5.74) is 12.3. The third-order valence-corrected chi connectivity index (χ3v) is 4.14. The molecule has 0 bridgehead atoms. The monoisotopic (exact) mass is 266 g/mol. The zero-order valence-electron chi connectivity index (χ0n) is 12.2. The lowest BCUT2D eigenvalue weighted by atomic mass is 9.96. The first-order chi connectivity index (χ1) is 9.76. The van der Waals surface area contributed by atoms with Crippen molar-refractivity contribution in [3.05, 3.63) is 70.8 Å². The lowest BCUT2D eigenvalue weighted by Crippen LogP contribution is -2.26. The van der Waals surface area contributed by atoms with Gasteiger partial charge in [-0.25, -0.2) is 10.9 Å². The molecule has 20 heavy (non-hydrogen) atoms. The van der Waals surface area contributed by atoms with E-state index in [2.05, 4.69) is 73.2 Å². The van der Waals surface area contributed by atoms with Crippen molar-refractivity contribution >= 4 is 0 Å². The number of hydrogen-bond acceptors (Lipinski definition) is 2. The zero-order valence-corrected chi connectivity index (χ0v) is 12.2. The summed E-state index contributed by atoms with van der Waals surface area (Å²) in [6.45, 7) is 4.34. The standard InChI is InChI=1S/C18H22N2/c1-3-14-7-9-15(10-8-14)17-12-18(20-19-17)16-6-4-5-13(2)11-16/h4-11,17-20H,3,12H2,1-2H3. The first-order valence-electron chi connectivity index (χ1n) is 7.42. The second-order valence-corrected chi connectivity index (χ2v) is 5.64. The van der Waals surface area contributed by atoms with E-state index >= 15 is 0 Å². The Labute approximate surface area is 121 Å². The molecule has 0 amide bonds. The molecule has 2 unspecified atom stereocenters. The van der Waals surface area contributed by atoms with Crippen molar-refractivity contribution in [3.63, 3.8) is 0 Å². The largest absolute Gasteiger partial charge is 0.250 e. The predicted octanol–water partition coefficient (Wildman–Crippen LogP) is 3.84. The number of nitrogens with one attached hydrogen (secondary N) is 2. The van der Waals surface area contributed by atoms with E-state index in [1.54, 1.807) is 0 Å². The highest BCUT2D eigenvalue weighted by atomic mass is 15.4. The molecule has 2 atom stereocenters. The molecular weight excluding hydrogens is 244 g/mol. The van der Waals surface area contributed by atoms with E-state index in [9.17, 15) is 0 Å². The summed E-state index contributed by atoms with van der Waals surface area (Å²) < 4.78 is 0. The molecule has 1 heterocycles. The highest BCUT2D eigenvalue weighted by Gasteiger charge is 2.25. The molecule has 2 aromatic carbocycles. The topological polar surface area (TPSA) is 24.1 Å². The minimum absolute atomic E-state index is 0.394. The van der Waals surface area contributed by atoms with E-state index in [1.807, 2.05) is 0 Å². The predicted molar refractivity (Wildman–Crippen MR) is 83.4 cm³/mol. The van der Waals surface area contributed by atoms with Crippen molar-refractivity contribution in [1.82, 2.24) is 10.9 Å². The van der Waals surface area contributed by atoms with Crippen LogP contribution in [-0.4, -0.2) is 0 Å². The summed E-state index contributed by atoms with van der Waals surface area (Å²) in [6, 6.07) is 18.5. The minimum Gasteiger partial charge on any atom is -0.250 e. The van der Waals surface area contributed by atoms with Gasteiger partial charge in [-0.3, -0.25) is 0 Å². The van der Waals surface area contributed by atoms with Gasteiger partial charge in [0.1, 0.15) is 0 Å². The first-order valence-corrected chi connectivity index (χ1v) is 7.42. The van der Waals surface area contributed by atoms with Gasteiger partial charge in [0.15, 0.2) is 0 Å². The summed E-state index contributed by atoms with van der Waals surface area (Å²) in [5, 5.41) is 0. The molecule has 2 heteroatoms. The van der Waals surface area contributed by atoms with E-state index in [4.69, 9.17) is 0 Å². The van der Waals surface area contributed by atoms with E-state index < -0.39 is 0 Å². The van der Waals surface area contributed by atoms with Crippen LogP contribution in [0.15, 0.2) is 48.5 Å². The number of hydrazine groups is 1. The van der Waals surface area contributed by atoms with Gasteiger partial charge >= 0.3 is 0 Å². The average Bonchev–Trinajstić information content (AvgIpc) is 2.97. The van der Waals surface area contributed by atoms with Crippen LogP contribution in [0.2, 0.25) is 0 Å². The van der Waals surface area contributed by atoms with Gasteiger partial charge in [-0.05, 0) is 36.5 Å². The molecule has 2 N–H and O–H groups in total. The number of rotatable bonds is 3. The third kappa shape index (κ3) is 2.77. The molecule has 1 saturated heterocycles. The van der Waals surface area contributed by atoms with Gasteiger partial charge in [-0.15, -0.1) is 0 Å². The Hall–Kier alpha value is -1.64. The van der Waals surface area contributed by atoms with Crippen molar-refractivity contribution in [3.8, 4) is 0 Å². The molecule has 0 saturated carbocycles. The van der Waals surface area contributed by atoms with Crippen molar-refractivity contribution in [2.45, 2.75) is 38.8 Å². The summed E-state index contributed by atoms with van der Waals surface area (Å²) in [6.07, 6.45) is 2.19. The number of benzene rings is 2. The van der Waals surface area contributed by atoms with Crippen LogP contribution in [0, 0.1) is 6.92 Å². The molecular formula is C18H22N2. The molecule has 1 aliphatic rings. The van der Waals surface area contributed by atoms with Gasteiger partial charge in [0.2, 0.25) is 0 Å². The van der Waals surface area contributed by atoms with E-state index in [0.29, 0.717) is 12.1 Å². The van der Waals surface area contributed by atoms with Crippen molar-refractivity contribution in [2.24, 2.45) is 0 Å². The number of aryl methyl sites for hydroxylation is 2. The van der Waals surface area contributed by atoms with Crippen LogP contribution in [0.4, 0.5) is 0 Å². The maximum absolute atomic E-state index is 3.43. The highest BCUT2D eigenvalue weighted by molar-refractivity contribution is 5.29. The van der Waals surface area contributed by atoms with Crippen molar-refractivity contribution in [1.29, 1.82) is 0 Å². The molecule has 3 rings (SSSR count). The summed E-state index contributed by atoms with van der Waals surface area (Å²) in [7, 11) is 0. The van der Waals surface area contributed by atoms with Crippen LogP contribution in [0.1, 0.15) is 47.7 Å². The van der Waals surface area contributed by atoms with Crippen LogP contribution in [0.5, 0.6) is 0 Å². The molecule has 2 nitrogen and oxygen atoms in total. The molecule has 2 aromatic rings. The van der Waals surface area contributed by atoms with Gasteiger partial charge in [0.25, 0.3) is 0 Å². The Bertz CT molecular complexity index is 574. The zero-order chi connectivity index (χ0) is 13.9. The van der Waals surface area contributed by atoms with Gasteiger partial charge in [0, 0.05) is 12.1 Å². The normalized spacial score (nSPS) is 22.1. The van der Waals surface area contributed by atoms with Gasteiger partial charge in [-0.2, -0.15) is 0 Å². The molecule has 1 fully saturated rings. The Kier molecular flexibility index (Phi) is 3.86. The van der Waals surface area contributed by atoms with Crippen LogP contribution in [-0.2, 0) is 6.42 Å². The highest BCUT2D eigenvalue weighted by Crippen LogP contribution is 2.31. The Morgan fingerprint density at radius 2 is 1.65 bits per heavy atom. The van der Waals surface area contributed by atoms with Crippen LogP contribution in [0.3, 0.4) is 0 Å². The first kappa shape index (κ1) is 13.3. The lowest BCUT2D eigenvalue weighted by Gasteiger charge is -2.11. The average molecular weight is 266 g/mol. The third-order valence-electron chi connectivity index (χ3n) is 4.14. The Morgan fingerprint density at radius 1 is 0.950 bits per heavy atom. The van der Waals surface area contributed by atoms with Gasteiger partial charge in [-0.1, -0.05) is 61.0 Å². The SMILES string of the molecule is CCc1ccc(C2CC(c3cccc(C)c3)NN2)cc1. The fraction of sp³-hybridized carbons (Fsp3) is 0.333. The molecule has 0 aliphatic carbocycles. The second kappa shape index (κ2) is 5.78. The molecule has 104 valence electrons. The summed E-state index contributed by atoms with van der Waals surface area (Å²) in [5.74, 6) is 0. The summed E-state index contributed by atoms with van der Waals surface area (Å²) >= 11 is 0. The Morgan fingerprint density at radius 3 is 2.30 bits per heavy atom. The van der Waals surface area contributed by atoms with Crippen molar-refractivity contribution in [2.75, 3.05) is 0 Å². The van der Waals surface area contributed by atoms with E-state index in [1.165, 1.54) is 22.3 Å². The fourth-order valence-corrected chi connectivity index (χ4v) is 2.87. The van der Waals surface area contributed by atoms with Crippen LogP contribution >= 0.6 is 0 Å². The minimum atomic E-state index is 0.394. The number of hydrogen-bond donors (Lipinski definition) is 2. The van der Waals surface area contributed by atoms with E-state index in [0.717, 1.165) is 12.8 Å². The lowest BCUT2D eigenvalue weighted by molar-refractivity contribution is 0.555. The van der Waals surface area contributed by atoms with E-state index in [-0.39, 0.29) is 0 Å². The fourth-order valence-electron chi connectivity index (χ4n) is 2.87. The molecule has 0 aromatic heterocycles. The van der Waals surface area contributed by atoms with Gasteiger partial charge < -0.3 is 0 Å². The molecule has 1 aliphatic heterocycles. The van der Waals surface area contributed by atoms with Crippen molar-refractivity contribution < 1.29 is 0 Å². The van der Waals surface area contributed by atoms with Gasteiger partial charge in [0.05, 0.1) is 0 Å². The maximum Gasteiger partial charge on any atom is 0.0481 e. The maximum atomic E-state index is 3.43. The molecule has 0 radical (unpaired) electrons. The smallest absolute Gasteiger partial charge is 0.0481 e.